The summed E-state index contributed by atoms with van der Waals surface area (Å²) in [6.07, 6.45) is 3.21. The van der Waals surface area contributed by atoms with Crippen LogP contribution < -0.4 is 5.32 Å². The molecular weight excluding hydrogens is 256 g/mol. The standard InChI is InChI=1S/C13H14N6O/c1-8-11-5-9(6-14-12(11)19(2)18-8)13(20)15-7-10-3-4-16-17-10/h3-6H,7H2,1-2H3,(H,15,20)(H,16,17). The van der Waals surface area contributed by atoms with Crippen LogP contribution in [0, 0.1) is 6.92 Å². The first kappa shape index (κ1) is 12.3. The lowest BCUT2D eigenvalue weighted by atomic mass is 10.2. The lowest BCUT2D eigenvalue weighted by Gasteiger charge is -2.03. The maximum absolute atomic E-state index is 12.1. The van der Waals surface area contributed by atoms with Gasteiger partial charge in [-0.3, -0.25) is 14.6 Å². The highest BCUT2D eigenvalue weighted by molar-refractivity contribution is 5.97. The number of hydrogen-bond acceptors (Lipinski definition) is 4. The summed E-state index contributed by atoms with van der Waals surface area (Å²) in [6.45, 7) is 2.30. The predicted octanol–water partition coefficient (Wildman–Crippen LogP) is 0.930. The van der Waals surface area contributed by atoms with Crippen molar-refractivity contribution in [3.63, 3.8) is 0 Å². The molecule has 7 nitrogen and oxygen atoms in total. The van der Waals surface area contributed by atoms with Gasteiger partial charge in [-0.25, -0.2) is 4.98 Å². The fraction of sp³-hybridized carbons (Fsp3) is 0.231. The lowest BCUT2D eigenvalue weighted by molar-refractivity contribution is 0.0950. The number of aromatic nitrogens is 5. The Morgan fingerprint density at radius 3 is 3.10 bits per heavy atom. The molecule has 7 heteroatoms. The van der Waals surface area contributed by atoms with E-state index in [0.717, 1.165) is 22.4 Å². The van der Waals surface area contributed by atoms with E-state index < -0.39 is 0 Å². The molecule has 0 bridgehead atoms. The Balaban J connectivity index is 1.82. The summed E-state index contributed by atoms with van der Waals surface area (Å²) in [5, 5.41) is 14.6. The molecule has 1 amide bonds. The number of fused-ring (bicyclic) bond motifs is 1. The van der Waals surface area contributed by atoms with Crippen molar-refractivity contribution >= 4 is 16.9 Å². The topological polar surface area (TPSA) is 88.5 Å². The molecule has 0 aliphatic rings. The Hall–Kier alpha value is -2.70. The summed E-state index contributed by atoms with van der Waals surface area (Å²) < 4.78 is 1.71. The third-order valence-corrected chi connectivity index (χ3v) is 3.12. The fourth-order valence-electron chi connectivity index (χ4n) is 2.09. The third-order valence-electron chi connectivity index (χ3n) is 3.12. The van der Waals surface area contributed by atoms with E-state index in [9.17, 15) is 4.79 Å². The monoisotopic (exact) mass is 270 g/mol. The van der Waals surface area contributed by atoms with Crippen molar-refractivity contribution in [3.8, 4) is 0 Å². The van der Waals surface area contributed by atoms with Crippen molar-refractivity contribution in [1.82, 2.24) is 30.3 Å². The van der Waals surface area contributed by atoms with Gasteiger partial charge in [0, 0.05) is 24.8 Å². The normalized spacial score (nSPS) is 10.9. The van der Waals surface area contributed by atoms with Gasteiger partial charge in [0.1, 0.15) is 0 Å². The van der Waals surface area contributed by atoms with Crippen LogP contribution >= 0.6 is 0 Å². The van der Waals surface area contributed by atoms with E-state index in [4.69, 9.17) is 0 Å². The smallest absolute Gasteiger partial charge is 0.253 e. The Morgan fingerprint density at radius 2 is 2.35 bits per heavy atom. The highest BCUT2D eigenvalue weighted by Crippen LogP contribution is 2.16. The number of pyridine rings is 1. The number of aromatic amines is 1. The van der Waals surface area contributed by atoms with E-state index in [1.165, 1.54) is 0 Å². The molecule has 0 atom stereocenters. The number of amides is 1. The SMILES string of the molecule is Cc1nn(C)c2ncc(C(=O)NCc3ccn[nH]3)cc12. The van der Waals surface area contributed by atoms with Crippen LogP contribution in [0.5, 0.6) is 0 Å². The zero-order valence-electron chi connectivity index (χ0n) is 11.2. The van der Waals surface area contributed by atoms with Gasteiger partial charge in [-0.15, -0.1) is 0 Å². The van der Waals surface area contributed by atoms with Gasteiger partial charge in [-0.2, -0.15) is 10.2 Å². The molecule has 3 rings (SSSR count). The van der Waals surface area contributed by atoms with Crippen molar-refractivity contribution < 1.29 is 4.79 Å². The lowest BCUT2D eigenvalue weighted by Crippen LogP contribution is -2.23. The van der Waals surface area contributed by atoms with Gasteiger partial charge in [-0.1, -0.05) is 0 Å². The molecule has 0 aromatic carbocycles. The molecule has 0 aliphatic carbocycles. The molecule has 3 heterocycles. The van der Waals surface area contributed by atoms with Gasteiger partial charge in [-0.05, 0) is 19.1 Å². The molecule has 20 heavy (non-hydrogen) atoms. The zero-order valence-corrected chi connectivity index (χ0v) is 11.2. The highest BCUT2D eigenvalue weighted by atomic mass is 16.1. The number of aryl methyl sites for hydroxylation is 2. The summed E-state index contributed by atoms with van der Waals surface area (Å²) in [5.74, 6) is -0.169. The zero-order chi connectivity index (χ0) is 14.1. The molecule has 3 aromatic rings. The fourth-order valence-corrected chi connectivity index (χ4v) is 2.09. The number of nitrogens with one attached hydrogen (secondary N) is 2. The highest BCUT2D eigenvalue weighted by Gasteiger charge is 2.11. The van der Waals surface area contributed by atoms with Crippen molar-refractivity contribution in [2.45, 2.75) is 13.5 Å². The van der Waals surface area contributed by atoms with Crippen LogP contribution in [0.1, 0.15) is 21.7 Å². The maximum Gasteiger partial charge on any atom is 0.253 e. The molecule has 0 unspecified atom stereocenters. The van der Waals surface area contributed by atoms with Gasteiger partial charge >= 0.3 is 0 Å². The van der Waals surface area contributed by atoms with Crippen molar-refractivity contribution in [2.24, 2.45) is 7.05 Å². The molecule has 0 spiro atoms. The Bertz CT molecular complexity index is 759. The van der Waals surface area contributed by atoms with E-state index in [2.05, 4.69) is 25.6 Å². The minimum absolute atomic E-state index is 0.169. The molecule has 0 saturated carbocycles. The van der Waals surface area contributed by atoms with Crippen LogP contribution in [0.15, 0.2) is 24.5 Å². The van der Waals surface area contributed by atoms with Gasteiger partial charge in [0.25, 0.3) is 5.91 Å². The van der Waals surface area contributed by atoms with Crippen molar-refractivity contribution in [3.05, 3.63) is 41.5 Å². The van der Waals surface area contributed by atoms with Crippen LogP contribution in [0.4, 0.5) is 0 Å². The van der Waals surface area contributed by atoms with Crippen molar-refractivity contribution in [2.75, 3.05) is 0 Å². The maximum atomic E-state index is 12.1. The quantitative estimate of drug-likeness (QED) is 0.741. The average Bonchev–Trinajstić information content (AvgIpc) is 3.05. The molecule has 0 saturated heterocycles. The second-order valence-electron chi connectivity index (χ2n) is 4.57. The van der Waals surface area contributed by atoms with Gasteiger partial charge in [0.15, 0.2) is 5.65 Å². The van der Waals surface area contributed by atoms with Crippen LogP contribution in [-0.2, 0) is 13.6 Å². The predicted molar refractivity (Wildman–Crippen MR) is 73.0 cm³/mol. The molecule has 2 N–H and O–H groups in total. The largest absolute Gasteiger partial charge is 0.346 e. The average molecular weight is 270 g/mol. The van der Waals surface area contributed by atoms with Gasteiger partial charge in [0.05, 0.1) is 23.5 Å². The van der Waals surface area contributed by atoms with Gasteiger partial charge in [0.2, 0.25) is 0 Å². The molecule has 0 radical (unpaired) electrons. The minimum atomic E-state index is -0.169. The van der Waals surface area contributed by atoms with E-state index in [1.807, 2.05) is 26.1 Å². The van der Waals surface area contributed by atoms with Crippen LogP contribution in [0.2, 0.25) is 0 Å². The first-order valence-electron chi connectivity index (χ1n) is 6.21. The molecule has 0 aliphatic heterocycles. The summed E-state index contributed by atoms with van der Waals surface area (Å²) in [6, 6.07) is 3.62. The van der Waals surface area contributed by atoms with E-state index in [0.29, 0.717) is 12.1 Å². The second kappa shape index (κ2) is 4.76. The number of carbonyl (C=O) groups excluding carboxylic acids is 1. The molecule has 3 aromatic heterocycles. The summed E-state index contributed by atoms with van der Waals surface area (Å²) in [5.41, 5.74) is 3.00. The summed E-state index contributed by atoms with van der Waals surface area (Å²) in [7, 11) is 1.83. The summed E-state index contributed by atoms with van der Waals surface area (Å²) >= 11 is 0. The molecule has 0 fully saturated rings. The van der Waals surface area contributed by atoms with Crippen LogP contribution in [0.3, 0.4) is 0 Å². The second-order valence-corrected chi connectivity index (χ2v) is 4.57. The Kier molecular flexibility index (Phi) is 2.94. The number of hydrogen-bond donors (Lipinski definition) is 2. The molecule has 102 valence electrons. The Labute approximate surface area is 115 Å². The van der Waals surface area contributed by atoms with Crippen molar-refractivity contribution in [1.29, 1.82) is 0 Å². The number of rotatable bonds is 3. The van der Waals surface area contributed by atoms with E-state index in [1.54, 1.807) is 17.1 Å². The third kappa shape index (κ3) is 2.13. The van der Waals surface area contributed by atoms with Gasteiger partial charge < -0.3 is 5.32 Å². The first-order chi connectivity index (χ1) is 9.65. The van der Waals surface area contributed by atoms with Crippen LogP contribution in [0.25, 0.3) is 11.0 Å². The minimum Gasteiger partial charge on any atom is -0.346 e. The first-order valence-corrected chi connectivity index (χ1v) is 6.21. The number of H-pyrrole nitrogens is 1. The van der Waals surface area contributed by atoms with Crippen LogP contribution in [-0.4, -0.2) is 30.9 Å². The number of carbonyl (C=O) groups is 1. The summed E-state index contributed by atoms with van der Waals surface area (Å²) in [4.78, 5) is 16.4. The molecular formula is C13H14N6O. The number of nitrogens with zero attached hydrogens (tertiary/aromatic N) is 4. The Morgan fingerprint density at radius 1 is 1.50 bits per heavy atom. The van der Waals surface area contributed by atoms with E-state index >= 15 is 0 Å². The van der Waals surface area contributed by atoms with E-state index in [-0.39, 0.29) is 5.91 Å².